The molecule has 6 heteroatoms. The summed E-state index contributed by atoms with van der Waals surface area (Å²) in [5.74, 6) is 1.12. The Morgan fingerprint density at radius 1 is 1.00 bits per heavy atom. The van der Waals surface area contributed by atoms with Crippen molar-refractivity contribution in [3.8, 4) is 11.5 Å². The topological polar surface area (TPSA) is 59.9 Å². The molecule has 0 spiro atoms. The predicted octanol–water partition coefficient (Wildman–Crippen LogP) is 5.19. The third-order valence-corrected chi connectivity index (χ3v) is 4.55. The fourth-order valence-electron chi connectivity index (χ4n) is 2.55. The second-order valence-corrected chi connectivity index (χ2v) is 7.03. The lowest BCUT2D eigenvalue weighted by Gasteiger charge is -2.09. The summed E-state index contributed by atoms with van der Waals surface area (Å²) in [5.41, 5.74) is 4.87. The SMILES string of the molecule is CCOc1ccc(C(=O)N/N=C/c2ccccc2OCc2ccc(Br)cc2)cc1. The van der Waals surface area contributed by atoms with Crippen LogP contribution in [0.1, 0.15) is 28.4 Å². The summed E-state index contributed by atoms with van der Waals surface area (Å²) in [6, 6.07) is 22.4. The zero-order valence-corrected chi connectivity index (χ0v) is 17.6. The van der Waals surface area contributed by atoms with E-state index in [9.17, 15) is 4.79 Å². The van der Waals surface area contributed by atoms with Crippen LogP contribution < -0.4 is 14.9 Å². The molecule has 0 unspecified atom stereocenters. The summed E-state index contributed by atoms with van der Waals surface area (Å²) < 4.78 is 12.3. The van der Waals surface area contributed by atoms with Crippen LogP contribution in [0.2, 0.25) is 0 Å². The standard InChI is InChI=1S/C23H21BrN2O3/c1-2-28-21-13-9-18(10-14-21)23(27)26-25-15-19-5-3-4-6-22(19)29-16-17-7-11-20(24)12-8-17/h3-15H,2,16H2,1H3,(H,26,27)/b25-15+. The van der Waals surface area contributed by atoms with Crippen molar-refractivity contribution in [2.45, 2.75) is 13.5 Å². The van der Waals surface area contributed by atoms with Gasteiger partial charge in [-0.05, 0) is 61.0 Å². The highest BCUT2D eigenvalue weighted by Crippen LogP contribution is 2.18. The second-order valence-electron chi connectivity index (χ2n) is 6.11. The number of nitrogens with zero attached hydrogens (tertiary/aromatic N) is 1. The first kappa shape index (κ1) is 20.6. The van der Waals surface area contributed by atoms with E-state index in [1.807, 2.05) is 55.5 Å². The summed E-state index contributed by atoms with van der Waals surface area (Å²) in [5, 5.41) is 4.06. The molecule has 0 aliphatic carbocycles. The van der Waals surface area contributed by atoms with Gasteiger partial charge in [0.15, 0.2) is 0 Å². The minimum atomic E-state index is -0.294. The molecule has 1 amide bonds. The predicted molar refractivity (Wildman–Crippen MR) is 118 cm³/mol. The highest BCUT2D eigenvalue weighted by molar-refractivity contribution is 9.10. The van der Waals surface area contributed by atoms with Gasteiger partial charge in [-0.3, -0.25) is 4.79 Å². The van der Waals surface area contributed by atoms with Crippen LogP contribution in [-0.4, -0.2) is 18.7 Å². The average Bonchev–Trinajstić information content (AvgIpc) is 2.75. The van der Waals surface area contributed by atoms with Gasteiger partial charge in [0, 0.05) is 15.6 Å². The highest BCUT2D eigenvalue weighted by Gasteiger charge is 2.05. The largest absolute Gasteiger partial charge is 0.494 e. The highest BCUT2D eigenvalue weighted by atomic mass is 79.9. The molecule has 0 saturated carbocycles. The average molecular weight is 453 g/mol. The summed E-state index contributed by atoms with van der Waals surface area (Å²) in [6.07, 6.45) is 1.57. The van der Waals surface area contributed by atoms with E-state index in [2.05, 4.69) is 26.5 Å². The van der Waals surface area contributed by atoms with Crippen molar-refractivity contribution < 1.29 is 14.3 Å². The lowest BCUT2D eigenvalue weighted by Crippen LogP contribution is -2.17. The molecule has 0 aromatic heterocycles. The van der Waals surface area contributed by atoms with E-state index in [4.69, 9.17) is 9.47 Å². The van der Waals surface area contributed by atoms with E-state index in [-0.39, 0.29) is 5.91 Å². The Morgan fingerprint density at radius 3 is 2.45 bits per heavy atom. The number of amides is 1. The number of carbonyl (C=O) groups excluding carboxylic acids is 1. The van der Waals surface area contributed by atoms with Crippen LogP contribution in [-0.2, 0) is 6.61 Å². The number of hydrogen-bond donors (Lipinski definition) is 1. The zero-order valence-electron chi connectivity index (χ0n) is 16.0. The van der Waals surface area contributed by atoms with E-state index >= 15 is 0 Å². The summed E-state index contributed by atoms with van der Waals surface area (Å²) in [7, 11) is 0. The molecule has 0 aliphatic heterocycles. The van der Waals surface area contributed by atoms with Crippen molar-refractivity contribution in [1.82, 2.24) is 5.43 Å². The normalized spacial score (nSPS) is 10.7. The van der Waals surface area contributed by atoms with Gasteiger partial charge in [-0.2, -0.15) is 5.10 Å². The van der Waals surface area contributed by atoms with Gasteiger partial charge in [0.1, 0.15) is 18.1 Å². The van der Waals surface area contributed by atoms with E-state index in [1.54, 1.807) is 30.5 Å². The minimum Gasteiger partial charge on any atom is -0.494 e. The fraction of sp³-hybridized carbons (Fsp3) is 0.130. The molecule has 0 aliphatic rings. The summed E-state index contributed by atoms with van der Waals surface area (Å²) >= 11 is 3.42. The molecular formula is C23H21BrN2O3. The molecule has 0 atom stereocenters. The van der Waals surface area contributed by atoms with Crippen LogP contribution in [0.15, 0.2) is 82.4 Å². The van der Waals surface area contributed by atoms with Gasteiger partial charge in [-0.25, -0.2) is 5.43 Å². The molecule has 0 bridgehead atoms. The van der Waals surface area contributed by atoms with Gasteiger partial charge >= 0.3 is 0 Å². The number of carbonyl (C=O) groups is 1. The third-order valence-electron chi connectivity index (χ3n) is 4.02. The number of para-hydroxylation sites is 1. The van der Waals surface area contributed by atoms with E-state index < -0.39 is 0 Å². The van der Waals surface area contributed by atoms with Crippen LogP contribution >= 0.6 is 15.9 Å². The van der Waals surface area contributed by atoms with E-state index in [1.165, 1.54) is 0 Å². The van der Waals surface area contributed by atoms with Gasteiger partial charge in [0.25, 0.3) is 5.91 Å². The van der Waals surface area contributed by atoms with Crippen LogP contribution in [0.3, 0.4) is 0 Å². The van der Waals surface area contributed by atoms with Crippen molar-refractivity contribution in [2.75, 3.05) is 6.61 Å². The number of benzene rings is 3. The maximum Gasteiger partial charge on any atom is 0.271 e. The van der Waals surface area contributed by atoms with Crippen molar-refractivity contribution in [3.05, 3.63) is 94.0 Å². The summed E-state index contributed by atoms with van der Waals surface area (Å²) in [4.78, 5) is 12.2. The molecule has 0 saturated heterocycles. The van der Waals surface area contributed by atoms with Crippen molar-refractivity contribution >= 4 is 28.1 Å². The Balaban J connectivity index is 1.60. The quantitative estimate of drug-likeness (QED) is 0.377. The Labute approximate surface area is 178 Å². The first-order valence-corrected chi connectivity index (χ1v) is 9.97. The maximum atomic E-state index is 12.2. The first-order valence-electron chi connectivity index (χ1n) is 9.18. The Kier molecular flexibility index (Phi) is 7.41. The molecule has 3 rings (SSSR count). The Hall–Kier alpha value is -3.12. The third kappa shape index (κ3) is 6.19. The Bertz CT molecular complexity index is 970. The number of hydrazone groups is 1. The second kappa shape index (κ2) is 10.4. The first-order chi connectivity index (χ1) is 14.2. The zero-order chi connectivity index (χ0) is 20.5. The van der Waals surface area contributed by atoms with Crippen LogP contribution in [0.5, 0.6) is 11.5 Å². The number of rotatable bonds is 8. The smallest absolute Gasteiger partial charge is 0.271 e. The van der Waals surface area contributed by atoms with Crippen LogP contribution in [0, 0.1) is 0 Å². The Morgan fingerprint density at radius 2 is 1.72 bits per heavy atom. The number of nitrogens with one attached hydrogen (secondary N) is 1. The van der Waals surface area contributed by atoms with Crippen molar-refractivity contribution in [3.63, 3.8) is 0 Å². The lowest BCUT2D eigenvalue weighted by atomic mass is 10.2. The molecular weight excluding hydrogens is 432 g/mol. The monoisotopic (exact) mass is 452 g/mol. The number of ether oxygens (including phenoxy) is 2. The van der Waals surface area contributed by atoms with Crippen LogP contribution in [0.25, 0.3) is 0 Å². The van der Waals surface area contributed by atoms with Gasteiger partial charge in [-0.1, -0.05) is 40.2 Å². The molecule has 29 heavy (non-hydrogen) atoms. The molecule has 0 radical (unpaired) electrons. The van der Waals surface area contributed by atoms with Crippen molar-refractivity contribution in [1.29, 1.82) is 0 Å². The van der Waals surface area contributed by atoms with Crippen molar-refractivity contribution in [2.24, 2.45) is 5.10 Å². The van der Waals surface area contributed by atoms with Gasteiger partial charge < -0.3 is 9.47 Å². The lowest BCUT2D eigenvalue weighted by molar-refractivity contribution is 0.0955. The fourth-order valence-corrected chi connectivity index (χ4v) is 2.82. The minimum absolute atomic E-state index is 0.294. The van der Waals surface area contributed by atoms with E-state index in [0.29, 0.717) is 24.5 Å². The van der Waals surface area contributed by atoms with Gasteiger partial charge in [-0.15, -0.1) is 0 Å². The number of halogens is 1. The van der Waals surface area contributed by atoms with Crippen LogP contribution in [0.4, 0.5) is 0 Å². The molecule has 148 valence electrons. The van der Waals surface area contributed by atoms with E-state index in [0.717, 1.165) is 21.3 Å². The maximum absolute atomic E-state index is 12.2. The molecule has 5 nitrogen and oxygen atoms in total. The molecule has 0 fully saturated rings. The van der Waals surface area contributed by atoms with Gasteiger partial charge in [0.2, 0.25) is 0 Å². The molecule has 3 aromatic rings. The molecule has 0 heterocycles. The molecule has 3 aromatic carbocycles. The van der Waals surface area contributed by atoms with Gasteiger partial charge in [0.05, 0.1) is 12.8 Å². The summed E-state index contributed by atoms with van der Waals surface area (Å²) in [6.45, 7) is 2.94. The number of hydrogen-bond acceptors (Lipinski definition) is 4. The molecule has 1 N–H and O–H groups in total.